The number of ether oxygens (including phenoxy) is 1. The first-order valence-electron chi connectivity index (χ1n) is 13.2. The number of rotatable bonds is 7. The van der Waals surface area contributed by atoms with E-state index in [1.807, 2.05) is 61.5 Å². The summed E-state index contributed by atoms with van der Waals surface area (Å²) in [5, 5.41) is 2.23. The number of nitrogens with one attached hydrogen (secondary N) is 1. The fourth-order valence-electron chi connectivity index (χ4n) is 4.98. The summed E-state index contributed by atoms with van der Waals surface area (Å²) >= 11 is 0. The van der Waals surface area contributed by atoms with Gasteiger partial charge in [0.05, 0.1) is 23.4 Å². The summed E-state index contributed by atoms with van der Waals surface area (Å²) in [7, 11) is 0. The van der Waals surface area contributed by atoms with Gasteiger partial charge in [-0.2, -0.15) is 0 Å². The van der Waals surface area contributed by atoms with Crippen molar-refractivity contribution in [3.63, 3.8) is 0 Å². The molecule has 6 aromatic rings. The number of carbonyl (C=O) groups is 1. The van der Waals surface area contributed by atoms with Gasteiger partial charge in [0, 0.05) is 34.0 Å². The monoisotopic (exact) mass is 508 g/mol. The first kappa shape index (κ1) is 24.4. The van der Waals surface area contributed by atoms with Gasteiger partial charge in [-0.1, -0.05) is 78.9 Å². The summed E-state index contributed by atoms with van der Waals surface area (Å²) in [6, 6.07) is 39.0. The van der Waals surface area contributed by atoms with Gasteiger partial charge in [-0.05, 0) is 66.1 Å². The Bertz CT molecular complexity index is 1820. The number of esters is 1. The number of aromatic amines is 1. The number of fused-ring (bicyclic) bond motifs is 2. The number of hydrogen-bond acceptors (Lipinski definition) is 3. The molecule has 0 radical (unpaired) electrons. The summed E-state index contributed by atoms with van der Waals surface area (Å²) in [5.74, 6) is -0.287. The van der Waals surface area contributed by atoms with Gasteiger partial charge in [0.25, 0.3) is 0 Å². The van der Waals surface area contributed by atoms with Crippen molar-refractivity contribution in [2.24, 2.45) is 0 Å². The lowest BCUT2D eigenvalue weighted by Crippen LogP contribution is -2.08. The second-order valence-corrected chi connectivity index (χ2v) is 9.51. The van der Waals surface area contributed by atoms with Crippen molar-refractivity contribution >= 4 is 39.4 Å². The lowest BCUT2D eigenvalue weighted by molar-refractivity contribution is 0.0525. The highest BCUT2D eigenvalue weighted by atomic mass is 16.5. The highest BCUT2D eigenvalue weighted by molar-refractivity contribution is 5.95. The zero-order chi connectivity index (χ0) is 26.6. The third-order valence-electron chi connectivity index (χ3n) is 6.87. The fraction of sp³-hybridized carbons (Fsp3) is 0.0857. The van der Waals surface area contributed by atoms with Gasteiger partial charge in [-0.25, -0.2) is 9.78 Å². The van der Waals surface area contributed by atoms with E-state index in [0.29, 0.717) is 18.6 Å². The molecule has 0 saturated carbocycles. The highest BCUT2D eigenvalue weighted by Crippen LogP contribution is 2.30. The van der Waals surface area contributed by atoms with Gasteiger partial charge in [0.15, 0.2) is 0 Å². The van der Waals surface area contributed by atoms with Crippen molar-refractivity contribution in [1.82, 2.24) is 9.97 Å². The standard InChI is InChI=1S/C35H28N2O2/c1-2-39-35(38)30-14-8-6-13-26(30)22-29-23-28-21-27(17-18-33(28)36-29)31(20-24-10-4-3-5-11-24)34-19-16-25-12-7-9-15-32(25)37-34/h3-21,23,36H,2,22H2,1H3. The van der Waals surface area contributed by atoms with E-state index in [1.165, 1.54) is 0 Å². The van der Waals surface area contributed by atoms with Crippen LogP contribution in [0.4, 0.5) is 0 Å². The number of hydrogen-bond donors (Lipinski definition) is 1. The predicted octanol–water partition coefficient (Wildman–Crippen LogP) is 8.07. The largest absolute Gasteiger partial charge is 0.462 e. The highest BCUT2D eigenvalue weighted by Gasteiger charge is 2.14. The minimum atomic E-state index is -0.287. The molecule has 4 aromatic carbocycles. The molecule has 0 aliphatic rings. The molecular weight excluding hydrogens is 480 g/mol. The maximum atomic E-state index is 12.5. The van der Waals surface area contributed by atoms with E-state index in [0.717, 1.165) is 55.5 Å². The number of carbonyl (C=O) groups excluding carboxylic acids is 1. The second-order valence-electron chi connectivity index (χ2n) is 9.51. The molecule has 6 rings (SSSR count). The number of nitrogens with zero attached hydrogens (tertiary/aromatic N) is 1. The summed E-state index contributed by atoms with van der Waals surface area (Å²) in [4.78, 5) is 21.0. The fourth-order valence-corrected chi connectivity index (χ4v) is 4.98. The van der Waals surface area contributed by atoms with Crippen molar-refractivity contribution in [2.75, 3.05) is 6.61 Å². The molecule has 0 unspecified atom stereocenters. The Hall–Kier alpha value is -4.96. The molecule has 2 aromatic heterocycles. The Morgan fingerprint density at radius 2 is 1.62 bits per heavy atom. The first-order valence-corrected chi connectivity index (χ1v) is 13.2. The first-order chi connectivity index (χ1) is 19.2. The van der Waals surface area contributed by atoms with Crippen molar-refractivity contribution in [2.45, 2.75) is 13.3 Å². The smallest absolute Gasteiger partial charge is 0.338 e. The van der Waals surface area contributed by atoms with Gasteiger partial charge >= 0.3 is 5.97 Å². The molecule has 0 bridgehead atoms. The second kappa shape index (κ2) is 10.8. The van der Waals surface area contributed by atoms with Crippen LogP contribution in [0.5, 0.6) is 0 Å². The van der Waals surface area contributed by atoms with Gasteiger partial charge < -0.3 is 9.72 Å². The molecule has 4 heteroatoms. The summed E-state index contributed by atoms with van der Waals surface area (Å²) < 4.78 is 5.26. The molecule has 0 aliphatic carbocycles. The predicted molar refractivity (Wildman–Crippen MR) is 159 cm³/mol. The quantitative estimate of drug-likeness (QED) is 0.175. The molecule has 2 heterocycles. The van der Waals surface area contributed by atoms with E-state index in [-0.39, 0.29) is 5.97 Å². The van der Waals surface area contributed by atoms with Crippen LogP contribution >= 0.6 is 0 Å². The summed E-state index contributed by atoms with van der Waals surface area (Å²) in [5.41, 5.74) is 8.80. The Balaban J connectivity index is 1.40. The lowest BCUT2D eigenvalue weighted by atomic mass is 9.97. The van der Waals surface area contributed by atoms with Crippen LogP contribution in [0.2, 0.25) is 0 Å². The number of aromatic nitrogens is 2. The van der Waals surface area contributed by atoms with E-state index >= 15 is 0 Å². The topological polar surface area (TPSA) is 55.0 Å². The average Bonchev–Trinajstić information content (AvgIpc) is 3.38. The van der Waals surface area contributed by atoms with Crippen molar-refractivity contribution in [1.29, 1.82) is 0 Å². The van der Waals surface area contributed by atoms with Crippen LogP contribution in [0.25, 0.3) is 33.5 Å². The van der Waals surface area contributed by atoms with Crippen LogP contribution in [0, 0.1) is 0 Å². The third kappa shape index (κ3) is 5.23. The van der Waals surface area contributed by atoms with Crippen LogP contribution in [-0.4, -0.2) is 22.5 Å². The molecule has 0 atom stereocenters. The summed E-state index contributed by atoms with van der Waals surface area (Å²) in [6.07, 6.45) is 2.80. The van der Waals surface area contributed by atoms with E-state index in [9.17, 15) is 4.79 Å². The van der Waals surface area contributed by atoms with Crippen LogP contribution in [0.15, 0.2) is 115 Å². The lowest BCUT2D eigenvalue weighted by Gasteiger charge is -2.10. The molecular formula is C35H28N2O2. The molecule has 0 amide bonds. The van der Waals surface area contributed by atoms with Crippen molar-refractivity contribution in [3.8, 4) is 0 Å². The molecule has 190 valence electrons. The number of H-pyrrole nitrogens is 1. The van der Waals surface area contributed by atoms with E-state index in [4.69, 9.17) is 9.72 Å². The Labute approximate surface area is 227 Å². The summed E-state index contributed by atoms with van der Waals surface area (Å²) in [6.45, 7) is 2.18. The van der Waals surface area contributed by atoms with Crippen LogP contribution < -0.4 is 0 Å². The van der Waals surface area contributed by atoms with Crippen LogP contribution in [0.1, 0.15) is 45.4 Å². The van der Waals surface area contributed by atoms with Gasteiger partial charge in [-0.15, -0.1) is 0 Å². The van der Waals surface area contributed by atoms with Crippen LogP contribution in [0.3, 0.4) is 0 Å². The van der Waals surface area contributed by atoms with Crippen molar-refractivity contribution in [3.05, 3.63) is 149 Å². The number of para-hydroxylation sites is 1. The Kier molecular flexibility index (Phi) is 6.75. The van der Waals surface area contributed by atoms with Crippen LogP contribution in [-0.2, 0) is 11.2 Å². The maximum absolute atomic E-state index is 12.5. The van der Waals surface area contributed by atoms with E-state index < -0.39 is 0 Å². The van der Waals surface area contributed by atoms with E-state index in [1.54, 1.807) is 0 Å². The molecule has 0 fully saturated rings. The number of pyridine rings is 1. The third-order valence-corrected chi connectivity index (χ3v) is 6.87. The average molecular weight is 509 g/mol. The Morgan fingerprint density at radius 1 is 0.821 bits per heavy atom. The molecule has 39 heavy (non-hydrogen) atoms. The van der Waals surface area contributed by atoms with E-state index in [2.05, 4.69) is 71.7 Å². The molecule has 4 nitrogen and oxygen atoms in total. The van der Waals surface area contributed by atoms with Gasteiger partial charge in [-0.3, -0.25) is 0 Å². The molecule has 0 spiro atoms. The zero-order valence-electron chi connectivity index (χ0n) is 21.7. The minimum Gasteiger partial charge on any atom is -0.462 e. The molecule has 0 saturated heterocycles. The van der Waals surface area contributed by atoms with Crippen molar-refractivity contribution < 1.29 is 9.53 Å². The SMILES string of the molecule is CCOC(=O)c1ccccc1Cc1cc2cc(C(=Cc3ccccc3)c3ccc4ccccc4n3)ccc2[nH]1. The number of benzene rings is 4. The van der Waals surface area contributed by atoms with Gasteiger partial charge in [0.2, 0.25) is 0 Å². The normalized spacial score (nSPS) is 11.7. The minimum absolute atomic E-state index is 0.287. The molecule has 0 aliphatic heterocycles. The maximum Gasteiger partial charge on any atom is 0.338 e. The Morgan fingerprint density at radius 3 is 2.49 bits per heavy atom. The molecule has 1 N–H and O–H groups in total. The zero-order valence-corrected chi connectivity index (χ0v) is 21.7. The van der Waals surface area contributed by atoms with Gasteiger partial charge in [0.1, 0.15) is 0 Å².